The molecular formula is C24H31N3O2. The number of nitrogens with zero attached hydrogens (tertiary/aromatic N) is 2. The number of carbonyl (C=O) groups is 1. The smallest absolute Gasteiger partial charge is 0.258 e. The third-order valence-corrected chi connectivity index (χ3v) is 5.32. The maximum absolute atomic E-state index is 12.4. The monoisotopic (exact) mass is 393 g/mol. The van der Waals surface area contributed by atoms with Crippen molar-refractivity contribution in [3.8, 4) is 5.75 Å². The second-order valence-corrected chi connectivity index (χ2v) is 8.01. The zero-order chi connectivity index (χ0) is 21.0. The molecule has 1 heterocycles. The van der Waals surface area contributed by atoms with Crippen LogP contribution in [0.5, 0.6) is 5.75 Å². The fourth-order valence-electron chi connectivity index (χ4n) is 3.57. The lowest BCUT2D eigenvalue weighted by atomic mass is 10.0. The van der Waals surface area contributed by atoms with Gasteiger partial charge in [0.25, 0.3) is 5.91 Å². The zero-order valence-electron chi connectivity index (χ0n) is 18.0. The summed E-state index contributed by atoms with van der Waals surface area (Å²) in [5.41, 5.74) is 3.65. The van der Waals surface area contributed by atoms with Gasteiger partial charge in [-0.3, -0.25) is 4.79 Å². The van der Waals surface area contributed by atoms with Crippen molar-refractivity contribution in [1.29, 1.82) is 0 Å². The maximum Gasteiger partial charge on any atom is 0.258 e. The average molecular weight is 394 g/mol. The Labute approximate surface area is 173 Å². The van der Waals surface area contributed by atoms with E-state index in [0.717, 1.165) is 0 Å². The zero-order valence-corrected chi connectivity index (χ0v) is 18.0. The van der Waals surface area contributed by atoms with Crippen LogP contribution in [0, 0.1) is 0 Å². The Balaban J connectivity index is 1.61. The first-order chi connectivity index (χ1) is 13.9. The van der Waals surface area contributed by atoms with Crippen LogP contribution in [0.3, 0.4) is 0 Å². The van der Waals surface area contributed by atoms with Crippen LogP contribution in [-0.2, 0) is 11.8 Å². The molecule has 5 nitrogen and oxygen atoms in total. The van der Waals surface area contributed by atoms with Crippen molar-refractivity contribution in [3.63, 3.8) is 0 Å². The van der Waals surface area contributed by atoms with E-state index in [1.807, 2.05) is 44.4 Å². The van der Waals surface area contributed by atoms with Crippen LogP contribution in [0.25, 0.3) is 10.9 Å². The molecule has 29 heavy (non-hydrogen) atoms. The van der Waals surface area contributed by atoms with E-state index < -0.39 is 0 Å². The van der Waals surface area contributed by atoms with Gasteiger partial charge in [-0.2, -0.15) is 0 Å². The van der Waals surface area contributed by atoms with Gasteiger partial charge in [-0.05, 0) is 49.3 Å². The topological polar surface area (TPSA) is 46.5 Å². The maximum atomic E-state index is 12.4. The minimum absolute atomic E-state index is 0.0106. The summed E-state index contributed by atoms with van der Waals surface area (Å²) >= 11 is 0. The molecule has 0 saturated heterocycles. The minimum Gasteiger partial charge on any atom is -0.484 e. The Hall–Kier alpha value is -2.79. The van der Waals surface area contributed by atoms with E-state index in [1.54, 1.807) is 0 Å². The number of carbonyl (C=O) groups excluding carboxylic acids is 1. The SMILES string of the molecule is CC(C)c1ccc(OCC(=O)NCC(c2cn(C)c3ccccc23)N(C)C)cc1. The fraction of sp³-hybridized carbons (Fsp3) is 0.375. The number of ether oxygens (including phenoxy) is 1. The van der Waals surface area contributed by atoms with Gasteiger partial charge < -0.3 is 19.5 Å². The molecule has 0 aliphatic rings. The molecule has 0 bridgehead atoms. The van der Waals surface area contributed by atoms with Crippen molar-refractivity contribution in [3.05, 3.63) is 65.9 Å². The van der Waals surface area contributed by atoms with Crippen LogP contribution in [0.15, 0.2) is 54.7 Å². The van der Waals surface area contributed by atoms with E-state index in [0.29, 0.717) is 18.2 Å². The van der Waals surface area contributed by atoms with Crippen molar-refractivity contribution in [2.75, 3.05) is 27.2 Å². The van der Waals surface area contributed by atoms with Crippen molar-refractivity contribution < 1.29 is 9.53 Å². The van der Waals surface area contributed by atoms with Crippen molar-refractivity contribution >= 4 is 16.8 Å². The Kier molecular flexibility index (Phi) is 6.60. The molecular weight excluding hydrogens is 362 g/mol. The van der Waals surface area contributed by atoms with Gasteiger partial charge in [-0.15, -0.1) is 0 Å². The van der Waals surface area contributed by atoms with E-state index in [9.17, 15) is 4.79 Å². The molecule has 0 aliphatic heterocycles. The van der Waals surface area contributed by atoms with E-state index in [4.69, 9.17) is 4.74 Å². The molecule has 0 aliphatic carbocycles. The highest BCUT2D eigenvalue weighted by molar-refractivity contribution is 5.84. The summed E-state index contributed by atoms with van der Waals surface area (Å²) in [7, 11) is 6.12. The van der Waals surface area contributed by atoms with Gasteiger partial charge in [-0.1, -0.05) is 44.2 Å². The largest absolute Gasteiger partial charge is 0.484 e. The van der Waals surface area contributed by atoms with Crippen molar-refractivity contribution in [1.82, 2.24) is 14.8 Å². The molecule has 1 atom stereocenters. The molecule has 0 spiro atoms. The molecule has 0 saturated carbocycles. The number of hydrogen-bond acceptors (Lipinski definition) is 3. The number of benzene rings is 2. The van der Waals surface area contributed by atoms with Gasteiger partial charge in [0, 0.05) is 30.7 Å². The first kappa shape index (κ1) is 20.9. The first-order valence-electron chi connectivity index (χ1n) is 10.1. The molecule has 1 unspecified atom stereocenters. The Morgan fingerprint density at radius 1 is 1.10 bits per heavy atom. The van der Waals surface area contributed by atoms with Crippen LogP contribution in [-0.4, -0.2) is 42.6 Å². The van der Waals surface area contributed by atoms with Crippen LogP contribution < -0.4 is 10.1 Å². The molecule has 1 amide bonds. The number of amides is 1. The average Bonchev–Trinajstić information content (AvgIpc) is 3.03. The molecule has 3 rings (SSSR count). The third-order valence-electron chi connectivity index (χ3n) is 5.32. The number of rotatable bonds is 8. The summed E-state index contributed by atoms with van der Waals surface area (Å²) in [4.78, 5) is 14.5. The molecule has 1 N–H and O–H groups in total. The molecule has 0 radical (unpaired) electrons. The molecule has 3 aromatic rings. The number of likely N-dealkylation sites (N-methyl/N-ethyl adjacent to an activating group) is 1. The Morgan fingerprint density at radius 3 is 2.45 bits per heavy atom. The number of fused-ring (bicyclic) bond motifs is 1. The van der Waals surface area contributed by atoms with Crippen molar-refractivity contribution in [2.24, 2.45) is 7.05 Å². The standard InChI is InChI=1S/C24H31N3O2/c1-17(2)18-10-12-19(13-11-18)29-16-24(28)25-14-23(26(3)4)21-15-27(5)22-9-7-6-8-20(21)22/h6-13,15,17,23H,14,16H2,1-5H3,(H,25,28). The van der Waals surface area contributed by atoms with Gasteiger partial charge >= 0.3 is 0 Å². The predicted molar refractivity (Wildman–Crippen MR) is 118 cm³/mol. The van der Waals surface area contributed by atoms with E-state index in [-0.39, 0.29) is 18.6 Å². The van der Waals surface area contributed by atoms with Gasteiger partial charge in [0.15, 0.2) is 6.61 Å². The number of aryl methyl sites for hydroxylation is 1. The minimum atomic E-state index is -0.120. The van der Waals surface area contributed by atoms with E-state index >= 15 is 0 Å². The number of aromatic nitrogens is 1. The van der Waals surface area contributed by atoms with E-state index in [1.165, 1.54) is 22.0 Å². The molecule has 5 heteroatoms. The summed E-state index contributed by atoms with van der Waals surface area (Å²) in [5.74, 6) is 1.07. The molecule has 2 aromatic carbocycles. The van der Waals surface area contributed by atoms with Crippen LogP contribution in [0.2, 0.25) is 0 Å². The van der Waals surface area contributed by atoms with Crippen molar-refractivity contribution in [2.45, 2.75) is 25.8 Å². The number of nitrogens with one attached hydrogen (secondary N) is 1. The number of hydrogen-bond donors (Lipinski definition) is 1. The summed E-state index contributed by atoms with van der Waals surface area (Å²) < 4.78 is 7.78. The molecule has 154 valence electrons. The van der Waals surface area contributed by atoms with Crippen LogP contribution >= 0.6 is 0 Å². The highest BCUT2D eigenvalue weighted by Gasteiger charge is 2.20. The van der Waals surface area contributed by atoms with Gasteiger partial charge in [0.2, 0.25) is 0 Å². The van der Waals surface area contributed by atoms with Crippen LogP contribution in [0.4, 0.5) is 0 Å². The van der Waals surface area contributed by atoms with Gasteiger partial charge in [0.05, 0.1) is 6.04 Å². The van der Waals surface area contributed by atoms with E-state index in [2.05, 4.69) is 60.1 Å². The highest BCUT2D eigenvalue weighted by Crippen LogP contribution is 2.28. The lowest BCUT2D eigenvalue weighted by molar-refractivity contribution is -0.123. The van der Waals surface area contributed by atoms with Crippen LogP contribution in [0.1, 0.15) is 36.9 Å². The quantitative estimate of drug-likeness (QED) is 0.627. The summed E-state index contributed by atoms with van der Waals surface area (Å²) in [5, 5.41) is 4.23. The second-order valence-electron chi connectivity index (χ2n) is 8.01. The lowest BCUT2D eigenvalue weighted by Crippen LogP contribution is -2.36. The predicted octanol–water partition coefficient (Wildman–Crippen LogP) is 4.10. The molecule has 1 aromatic heterocycles. The highest BCUT2D eigenvalue weighted by atomic mass is 16.5. The molecule has 0 fully saturated rings. The van der Waals surface area contributed by atoms with Gasteiger partial charge in [0.1, 0.15) is 5.75 Å². The Bertz CT molecular complexity index is 958. The Morgan fingerprint density at radius 2 is 1.79 bits per heavy atom. The fourth-order valence-corrected chi connectivity index (χ4v) is 3.57. The third kappa shape index (κ3) is 4.98. The normalized spacial score (nSPS) is 12.5. The summed E-state index contributed by atoms with van der Waals surface area (Å²) in [6, 6.07) is 16.3. The summed E-state index contributed by atoms with van der Waals surface area (Å²) in [6.45, 7) is 4.84. The van der Waals surface area contributed by atoms with Gasteiger partial charge in [-0.25, -0.2) is 0 Å². The lowest BCUT2D eigenvalue weighted by Gasteiger charge is -2.24. The summed E-state index contributed by atoms with van der Waals surface area (Å²) in [6.07, 6.45) is 2.15. The first-order valence-corrected chi connectivity index (χ1v) is 10.1. The second kappa shape index (κ2) is 9.14. The number of para-hydroxylation sites is 1.